The first-order chi connectivity index (χ1) is 14.2. The van der Waals surface area contributed by atoms with E-state index >= 15 is 0 Å². The van der Waals surface area contributed by atoms with Crippen LogP contribution in [-0.2, 0) is 23.1 Å². The van der Waals surface area contributed by atoms with Crippen LogP contribution in [0.2, 0.25) is 0 Å². The van der Waals surface area contributed by atoms with E-state index in [1.165, 1.54) is 18.1 Å². The first kappa shape index (κ1) is 23.1. The van der Waals surface area contributed by atoms with Crippen molar-refractivity contribution < 1.29 is 23.1 Å². The SMILES string of the molecule is C[C@H]1C[C@@H](CO[PH](=O)OCCSC(=O)C(C)(C)C)O[C@H]1n1cnc2c(N)ncnc21. The third-order valence-corrected chi connectivity index (χ3v) is 6.74. The molecule has 2 aromatic heterocycles. The summed E-state index contributed by atoms with van der Waals surface area (Å²) in [4.78, 5) is 24.3. The summed E-state index contributed by atoms with van der Waals surface area (Å²) >= 11 is 1.17. The highest BCUT2D eigenvalue weighted by molar-refractivity contribution is 8.13. The molecule has 3 heterocycles. The van der Waals surface area contributed by atoms with E-state index < -0.39 is 13.7 Å². The summed E-state index contributed by atoms with van der Waals surface area (Å²) in [6.07, 6.45) is 3.27. The van der Waals surface area contributed by atoms with Gasteiger partial charge in [0.05, 0.1) is 25.6 Å². The van der Waals surface area contributed by atoms with Crippen LogP contribution in [0.3, 0.4) is 0 Å². The van der Waals surface area contributed by atoms with Gasteiger partial charge in [0.25, 0.3) is 0 Å². The van der Waals surface area contributed by atoms with Gasteiger partial charge in [0, 0.05) is 17.1 Å². The average Bonchev–Trinajstić information content (AvgIpc) is 3.26. The zero-order valence-corrected chi connectivity index (χ0v) is 19.3. The monoisotopic (exact) mass is 457 g/mol. The van der Waals surface area contributed by atoms with Crippen molar-refractivity contribution in [2.45, 2.75) is 46.4 Å². The largest absolute Gasteiger partial charge is 0.382 e. The molecule has 0 aromatic carbocycles. The molecule has 1 fully saturated rings. The minimum Gasteiger partial charge on any atom is -0.382 e. The molecule has 0 amide bonds. The second-order valence-electron chi connectivity index (χ2n) is 8.24. The molecule has 0 radical (unpaired) electrons. The molecular weight excluding hydrogens is 429 g/mol. The predicted octanol–water partition coefficient (Wildman–Crippen LogP) is 3.06. The number of hydrogen-bond donors (Lipinski definition) is 1. The van der Waals surface area contributed by atoms with E-state index in [-0.39, 0.29) is 36.6 Å². The number of fused-ring (bicyclic) bond motifs is 1. The third-order valence-electron chi connectivity index (χ3n) is 4.65. The lowest BCUT2D eigenvalue weighted by Crippen LogP contribution is -2.17. The molecule has 1 aliphatic heterocycles. The predicted molar refractivity (Wildman–Crippen MR) is 115 cm³/mol. The number of imidazole rings is 1. The van der Waals surface area contributed by atoms with Gasteiger partial charge in [-0.15, -0.1) is 0 Å². The molecule has 30 heavy (non-hydrogen) atoms. The lowest BCUT2D eigenvalue weighted by molar-refractivity contribution is -0.117. The Morgan fingerprint density at radius 2 is 2.13 bits per heavy atom. The maximum Gasteiger partial charge on any atom is 0.319 e. The van der Waals surface area contributed by atoms with E-state index in [4.69, 9.17) is 19.5 Å². The van der Waals surface area contributed by atoms with Crippen molar-refractivity contribution in [1.29, 1.82) is 0 Å². The zero-order chi connectivity index (χ0) is 21.9. The van der Waals surface area contributed by atoms with E-state index in [1.54, 1.807) is 6.33 Å². The molecule has 1 saturated heterocycles. The van der Waals surface area contributed by atoms with Crippen molar-refractivity contribution in [2.75, 3.05) is 24.7 Å². The van der Waals surface area contributed by atoms with Crippen molar-refractivity contribution in [3.63, 3.8) is 0 Å². The summed E-state index contributed by atoms with van der Waals surface area (Å²) < 4.78 is 30.5. The van der Waals surface area contributed by atoms with Crippen LogP contribution >= 0.6 is 20.0 Å². The molecule has 4 atom stereocenters. The van der Waals surface area contributed by atoms with Gasteiger partial charge in [0.15, 0.2) is 16.6 Å². The first-order valence-electron chi connectivity index (χ1n) is 9.72. The van der Waals surface area contributed by atoms with Gasteiger partial charge in [0.1, 0.15) is 18.1 Å². The second kappa shape index (κ2) is 9.74. The highest BCUT2D eigenvalue weighted by atomic mass is 32.2. The van der Waals surface area contributed by atoms with Crippen molar-refractivity contribution in [3.8, 4) is 0 Å². The fourth-order valence-corrected chi connectivity index (χ4v) is 4.71. The molecular formula is C18H28N5O5PS. The third kappa shape index (κ3) is 5.59. The fraction of sp³-hybridized carbons (Fsp3) is 0.667. The molecule has 10 nitrogen and oxygen atoms in total. The molecule has 2 aromatic rings. The first-order valence-corrected chi connectivity index (χ1v) is 11.9. The Labute approximate surface area is 180 Å². The Kier molecular flexibility index (Phi) is 7.52. The highest BCUT2D eigenvalue weighted by Gasteiger charge is 2.35. The van der Waals surface area contributed by atoms with Crippen LogP contribution in [0.4, 0.5) is 5.82 Å². The Morgan fingerprint density at radius 3 is 2.87 bits per heavy atom. The Morgan fingerprint density at radius 1 is 1.37 bits per heavy atom. The molecule has 3 rings (SSSR count). The van der Waals surface area contributed by atoms with Crippen LogP contribution in [0, 0.1) is 11.3 Å². The Hall–Kier alpha value is -1.52. The van der Waals surface area contributed by atoms with E-state index in [2.05, 4.69) is 21.9 Å². The molecule has 0 spiro atoms. The summed E-state index contributed by atoms with van der Waals surface area (Å²) in [5.74, 6) is 0.936. The van der Waals surface area contributed by atoms with Crippen LogP contribution in [0.5, 0.6) is 0 Å². The molecule has 0 aliphatic carbocycles. The number of nitrogen functional groups attached to an aromatic ring is 1. The number of ether oxygens (including phenoxy) is 1. The maximum absolute atomic E-state index is 12.0. The molecule has 12 heteroatoms. The molecule has 0 saturated carbocycles. The zero-order valence-electron chi connectivity index (χ0n) is 17.5. The number of carbonyl (C=O) groups excluding carboxylic acids is 1. The minimum absolute atomic E-state index is 0.0742. The number of nitrogens with zero attached hydrogens (tertiary/aromatic N) is 4. The van der Waals surface area contributed by atoms with Gasteiger partial charge >= 0.3 is 8.25 Å². The van der Waals surface area contributed by atoms with Gasteiger partial charge < -0.3 is 19.5 Å². The van der Waals surface area contributed by atoms with Crippen molar-refractivity contribution >= 4 is 42.1 Å². The number of aromatic nitrogens is 4. The van der Waals surface area contributed by atoms with Gasteiger partial charge in [-0.3, -0.25) is 13.9 Å². The van der Waals surface area contributed by atoms with Gasteiger partial charge in [-0.25, -0.2) is 15.0 Å². The number of rotatable bonds is 8. The number of thioether (sulfide) groups is 1. The van der Waals surface area contributed by atoms with Crippen LogP contribution < -0.4 is 5.73 Å². The maximum atomic E-state index is 12.0. The molecule has 1 unspecified atom stereocenters. The summed E-state index contributed by atoms with van der Waals surface area (Å²) in [5.41, 5.74) is 6.59. The molecule has 1 aliphatic rings. The van der Waals surface area contributed by atoms with Crippen LogP contribution in [0.15, 0.2) is 12.7 Å². The molecule has 166 valence electrons. The normalized spacial score (nSPS) is 23.1. The van der Waals surface area contributed by atoms with Crippen LogP contribution in [0.1, 0.15) is 40.3 Å². The van der Waals surface area contributed by atoms with Gasteiger partial charge in [-0.2, -0.15) is 0 Å². The lowest BCUT2D eigenvalue weighted by atomic mass is 10.00. The topological polar surface area (TPSA) is 131 Å². The Bertz CT molecular complexity index is 918. The summed E-state index contributed by atoms with van der Waals surface area (Å²) in [6, 6.07) is 0. The summed E-state index contributed by atoms with van der Waals surface area (Å²) in [6.45, 7) is 8.00. The van der Waals surface area contributed by atoms with Crippen LogP contribution in [-0.4, -0.2) is 49.7 Å². The number of nitrogens with two attached hydrogens (primary N) is 1. The smallest absolute Gasteiger partial charge is 0.319 e. The van der Waals surface area contributed by atoms with E-state index in [1.807, 2.05) is 25.3 Å². The lowest BCUT2D eigenvalue weighted by Gasteiger charge is -2.17. The summed E-state index contributed by atoms with van der Waals surface area (Å²) in [7, 11) is -2.65. The quantitative estimate of drug-likeness (QED) is 0.466. The van der Waals surface area contributed by atoms with Crippen molar-refractivity contribution in [2.24, 2.45) is 11.3 Å². The number of anilines is 1. The second-order valence-corrected chi connectivity index (χ2v) is 10.4. The van der Waals surface area contributed by atoms with Gasteiger partial charge in [0.2, 0.25) is 0 Å². The molecule has 0 bridgehead atoms. The number of hydrogen-bond acceptors (Lipinski definition) is 10. The fourth-order valence-electron chi connectivity index (χ4n) is 3.10. The van der Waals surface area contributed by atoms with Crippen LogP contribution in [0.25, 0.3) is 11.2 Å². The minimum atomic E-state index is -2.65. The van der Waals surface area contributed by atoms with E-state index in [9.17, 15) is 9.36 Å². The van der Waals surface area contributed by atoms with Crippen molar-refractivity contribution in [1.82, 2.24) is 19.5 Å². The highest BCUT2D eigenvalue weighted by Crippen LogP contribution is 2.37. The number of carbonyl (C=O) groups is 1. The van der Waals surface area contributed by atoms with Gasteiger partial charge in [-0.1, -0.05) is 39.5 Å². The van der Waals surface area contributed by atoms with Crippen molar-refractivity contribution in [3.05, 3.63) is 12.7 Å². The van der Waals surface area contributed by atoms with E-state index in [0.717, 1.165) is 6.42 Å². The molecule has 2 N–H and O–H groups in total. The standard InChI is InChI=1S/C18H28N5O5PS/c1-11-7-12(8-27-29(25)26-5-6-30-17(24)18(2,3)4)28-16(11)23-10-22-13-14(19)20-9-21-15(13)23/h9-12,16,29H,5-8H2,1-4H3,(H2,19,20,21)/t11-,12-,16+/m0/s1. The van der Waals surface area contributed by atoms with Gasteiger partial charge in [-0.05, 0) is 6.42 Å². The summed E-state index contributed by atoms with van der Waals surface area (Å²) in [5, 5.41) is 0.0742. The Balaban J connectivity index is 1.44. The average molecular weight is 457 g/mol. The van der Waals surface area contributed by atoms with E-state index in [0.29, 0.717) is 22.7 Å².